The Bertz CT molecular complexity index is 745. The normalized spacial score (nSPS) is 11.3. The monoisotopic (exact) mass is 305 g/mol. The van der Waals surface area contributed by atoms with Crippen LogP contribution in [0.2, 0.25) is 0 Å². The number of halogens is 1. The van der Waals surface area contributed by atoms with Crippen LogP contribution in [-0.4, -0.2) is 20.4 Å². The van der Waals surface area contributed by atoms with E-state index in [-0.39, 0.29) is 0 Å². The smallest absolute Gasteiger partial charge is 0.111 e. The zero-order valence-electron chi connectivity index (χ0n) is 11.6. The molecular formula is C15H16ClN3S. The second-order valence-corrected chi connectivity index (χ2v) is 6.59. The predicted octanol–water partition coefficient (Wildman–Crippen LogP) is 3.94. The number of alkyl halides is 1. The summed E-state index contributed by atoms with van der Waals surface area (Å²) in [6.07, 6.45) is 2.73. The molecule has 0 aliphatic heterocycles. The van der Waals surface area contributed by atoms with E-state index in [1.54, 1.807) is 11.3 Å². The molecule has 0 bridgehead atoms. The van der Waals surface area contributed by atoms with Crippen molar-refractivity contribution in [3.8, 4) is 0 Å². The summed E-state index contributed by atoms with van der Waals surface area (Å²) in [5, 5.41) is 1.10. The van der Waals surface area contributed by atoms with Gasteiger partial charge in [0.2, 0.25) is 0 Å². The van der Waals surface area contributed by atoms with E-state index in [9.17, 15) is 0 Å². The number of rotatable bonds is 4. The summed E-state index contributed by atoms with van der Waals surface area (Å²) in [4.78, 5) is 10.3. The summed E-state index contributed by atoms with van der Waals surface area (Å²) >= 11 is 7.64. The van der Waals surface area contributed by atoms with Crippen LogP contribution < -0.4 is 0 Å². The van der Waals surface area contributed by atoms with Crippen LogP contribution in [0.1, 0.15) is 21.3 Å². The molecule has 5 heteroatoms. The molecule has 0 amide bonds. The van der Waals surface area contributed by atoms with Gasteiger partial charge in [-0.15, -0.1) is 22.9 Å². The van der Waals surface area contributed by atoms with E-state index in [0.717, 1.165) is 29.3 Å². The Labute approximate surface area is 127 Å². The molecule has 1 aromatic carbocycles. The van der Waals surface area contributed by atoms with Gasteiger partial charge in [0.05, 0.1) is 22.6 Å². The average Bonchev–Trinajstić information content (AvgIpc) is 2.95. The third-order valence-electron chi connectivity index (χ3n) is 3.28. The fourth-order valence-corrected chi connectivity index (χ4v) is 3.33. The van der Waals surface area contributed by atoms with Gasteiger partial charge >= 0.3 is 0 Å². The summed E-state index contributed by atoms with van der Waals surface area (Å²) < 4.78 is 2.25. The molecule has 0 unspecified atom stereocenters. The summed E-state index contributed by atoms with van der Waals surface area (Å²) in [5.74, 6) is 1.64. The van der Waals surface area contributed by atoms with Crippen molar-refractivity contribution in [3.05, 3.63) is 45.7 Å². The highest BCUT2D eigenvalue weighted by atomic mass is 35.5. The van der Waals surface area contributed by atoms with Gasteiger partial charge in [0, 0.05) is 23.4 Å². The van der Waals surface area contributed by atoms with E-state index in [4.69, 9.17) is 16.6 Å². The van der Waals surface area contributed by atoms with Gasteiger partial charge in [0.15, 0.2) is 0 Å². The van der Waals surface area contributed by atoms with Crippen molar-refractivity contribution in [2.24, 2.45) is 0 Å². The fourth-order valence-electron chi connectivity index (χ4n) is 2.38. The van der Waals surface area contributed by atoms with Crippen molar-refractivity contribution < 1.29 is 0 Å². The van der Waals surface area contributed by atoms with Crippen molar-refractivity contribution in [2.45, 2.75) is 26.8 Å². The van der Waals surface area contributed by atoms with Gasteiger partial charge < -0.3 is 4.57 Å². The molecule has 0 atom stereocenters. The minimum Gasteiger partial charge on any atom is -0.323 e. The minimum atomic E-state index is 0.587. The molecule has 0 spiro atoms. The van der Waals surface area contributed by atoms with Crippen LogP contribution in [0.15, 0.2) is 24.4 Å². The van der Waals surface area contributed by atoms with Crippen LogP contribution in [-0.2, 0) is 13.0 Å². The third kappa shape index (κ3) is 2.58. The lowest BCUT2D eigenvalue weighted by molar-refractivity contribution is 0.762. The van der Waals surface area contributed by atoms with Crippen molar-refractivity contribution in [1.82, 2.24) is 14.5 Å². The van der Waals surface area contributed by atoms with E-state index in [2.05, 4.69) is 34.7 Å². The van der Waals surface area contributed by atoms with Crippen molar-refractivity contribution in [3.63, 3.8) is 0 Å². The maximum absolute atomic E-state index is 5.91. The van der Waals surface area contributed by atoms with Crippen molar-refractivity contribution >= 4 is 34.0 Å². The molecule has 0 aliphatic rings. The molecule has 0 saturated carbocycles. The molecule has 20 heavy (non-hydrogen) atoms. The number of benzene rings is 1. The standard InChI is InChI=1S/C15H16ClN3S/c1-10-3-4-14-13(7-10)18-15(5-6-16)19(14)9-12-8-17-11(2)20-12/h3-4,7-8H,5-6,9H2,1-2H3. The second kappa shape index (κ2) is 5.54. The fraction of sp³-hybridized carbons (Fsp3) is 0.333. The van der Waals surface area contributed by atoms with Gasteiger partial charge in [0.25, 0.3) is 0 Å². The minimum absolute atomic E-state index is 0.587. The van der Waals surface area contributed by atoms with Crippen LogP contribution in [0, 0.1) is 13.8 Å². The number of hydrogen-bond donors (Lipinski definition) is 0. The van der Waals surface area contributed by atoms with E-state index >= 15 is 0 Å². The maximum Gasteiger partial charge on any atom is 0.111 e. The number of hydrogen-bond acceptors (Lipinski definition) is 3. The summed E-state index contributed by atoms with van der Waals surface area (Å²) in [7, 11) is 0. The number of aryl methyl sites for hydroxylation is 3. The molecule has 3 rings (SSSR count). The van der Waals surface area contributed by atoms with Crippen molar-refractivity contribution in [1.29, 1.82) is 0 Å². The van der Waals surface area contributed by atoms with Gasteiger partial charge in [-0.25, -0.2) is 9.97 Å². The Kier molecular flexibility index (Phi) is 3.76. The second-order valence-electron chi connectivity index (χ2n) is 4.89. The molecule has 0 fully saturated rings. The zero-order valence-corrected chi connectivity index (χ0v) is 13.1. The first-order valence-corrected chi connectivity index (χ1v) is 7.95. The number of fused-ring (bicyclic) bond motifs is 1. The molecule has 0 radical (unpaired) electrons. The van der Waals surface area contributed by atoms with Gasteiger partial charge in [-0.05, 0) is 31.5 Å². The Balaban J connectivity index is 2.08. The van der Waals surface area contributed by atoms with Crippen LogP contribution in [0.3, 0.4) is 0 Å². The predicted molar refractivity (Wildman–Crippen MR) is 84.8 cm³/mol. The lowest BCUT2D eigenvalue weighted by atomic mass is 10.2. The molecule has 0 aliphatic carbocycles. The van der Waals surface area contributed by atoms with Crippen molar-refractivity contribution in [2.75, 3.05) is 5.88 Å². The molecule has 0 saturated heterocycles. The lowest BCUT2D eigenvalue weighted by Gasteiger charge is -2.06. The third-order valence-corrected chi connectivity index (χ3v) is 4.37. The lowest BCUT2D eigenvalue weighted by Crippen LogP contribution is -2.04. The van der Waals surface area contributed by atoms with E-state index in [1.165, 1.54) is 16.0 Å². The van der Waals surface area contributed by atoms with Gasteiger partial charge in [-0.1, -0.05) is 6.07 Å². The van der Waals surface area contributed by atoms with Crippen LogP contribution in [0.4, 0.5) is 0 Å². The van der Waals surface area contributed by atoms with Gasteiger partial charge in [0.1, 0.15) is 5.82 Å². The van der Waals surface area contributed by atoms with Gasteiger partial charge in [-0.3, -0.25) is 0 Å². The Hall–Kier alpha value is -1.39. The highest BCUT2D eigenvalue weighted by Crippen LogP contribution is 2.22. The number of nitrogens with zero attached hydrogens (tertiary/aromatic N) is 3. The SMILES string of the molecule is Cc1ccc2c(c1)nc(CCCl)n2Cc1cnc(C)s1. The van der Waals surface area contributed by atoms with Gasteiger partial charge in [-0.2, -0.15) is 0 Å². The Morgan fingerprint density at radius 2 is 2.15 bits per heavy atom. The van der Waals surface area contributed by atoms with E-state index in [1.807, 2.05) is 13.1 Å². The molecule has 3 nitrogen and oxygen atoms in total. The first-order chi connectivity index (χ1) is 9.67. The summed E-state index contributed by atoms with van der Waals surface area (Å²) in [6.45, 7) is 4.94. The molecule has 3 aromatic rings. The topological polar surface area (TPSA) is 30.7 Å². The highest BCUT2D eigenvalue weighted by Gasteiger charge is 2.12. The summed E-state index contributed by atoms with van der Waals surface area (Å²) in [5.41, 5.74) is 3.45. The quantitative estimate of drug-likeness (QED) is 0.684. The molecular weight excluding hydrogens is 290 g/mol. The first kappa shape index (κ1) is 13.6. The highest BCUT2D eigenvalue weighted by molar-refractivity contribution is 7.11. The number of thiazole rings is 1. The molecule has 104 valence electrons. The summed E-state index contributed by atoms with van der Waals surface area (Å²) in [6, 6.07) is 6.40. The molecule has 2 aromatic heterocycles. The average molecular weight is 306 g/mol. The first-order valence-electron chi connectivity index (χ1n) is 6.60. The molecule has 0 N–H and O–H groups in total. The Morgan fingerprint density at radius 3 is 2.85 bits per heavy atom. The largest absolute Gasteiger partial charge is 0.323 e. The zero-order chi connectivity index (χ0) is 14.1. The number of aromatic nitrogens is 3. The van der Waals surface area contributed by atoms with E-state index in [0.29, 0.717) is 5.88 Å². The van der Waals surface area contributed by atoms with Crippen LogP contribution in [0.5, 0.6) is 0 Å². The van der Waals surface area contributed by atoms with Crippen LogP contribution >= 0.6 is 22.9 Å². The van der Waals surface area contributed by atoms with Crippen LogP contribution in [0.25, 0.3) is 11.0 Å². The van der Waals surface area contributed by atoms with E-state index < -0.39 is 0 Å². The number of imidazole rings is 1. The Morgan fingerprint density at radius 1 is 1.30 bits per heavy atom. The molecule has 2 heterocycles. The maximum atomic E-state index is 5.91.